The minimum Gasteiger partial charge on any atom is -0.332 e. The zero-order chi connectivity index (χ0) is 12.7. The van der Waals surface area contributed by atoms with Crippen molar-refractivity contribution >= 4 is 11.2 Å². The molecule has 0 amide bonds. The second-order valence-corrected chi connectivity index (χ2v) is 3.73. The van der Waals surface area contributed by atoms with Crippen LogP contribution in [-0.4, -0.2) is 29.7 Å². The largest absolute Gasteiger partial charge is 0.332 e. The summed E-state index contributed by atoms with van der Waals surface area (Å²) < 4.78 is 1.27. The number of hydrogen-bond acceptors (Lipinski definition) is 5. The highest BCUT2D eigenvalue weighted by atomic mass is 16.2. The van der Waals surface area contributed by atoms with E-state index in [1.165, 1.54) is 24.0 Å². The van der Waals surface area contributed by atoms with Crippen LogP contribution in [0.1, 0.15) is 0 Å². The highest BCUT2D eigenvalue weighted by Gasteiger charge is 2.11. The number of aromatic amines is 2. The third kappa shape index (κ3) is 1.43. The van der Waals surface area contributed by atoms with Crippen LogP contribution in [0.4, 0.5) is 0 Å². The Labute approximate surface area is 99.3 Å². The molecule has 0 unspecified atom stereocenters. The molecular formula is C10H8N6O2. The molecule has 2 N–H and O–H groups in total. The predicted molar refractivity (Wildman–Crippen MR) is 63.0 cm³/mol. The molecule has 8 nitrogen and oxygen atoms in total. The zero-order valence-corrected chi connectivity index (χ0v) is 9.34. The van der Waals surface area contributed by atoms with E-state index in [1.54, 1.807) is 6.07 Å². The molecule has 18 heavy (non-hydrogen) atoms. The lowest BCUT2D eigenvalue weighted by Gasteiger charge is -1.94. The average molecular weight is 244 g/mol. The van der Waals surface area contributed by atoms with Gasteiger partial charge in [-0.2, -0.15) is 10.2 Å². The molecule has 0 saturated carbocycles. The minimum absolute atomic E-state index is 0.254. The number of imidazole rings is 1. The smallest absolute Gasteiger partial charge is 0.329 e. The van der Waals surface area contributed by atoms with Crippen LogP contribution in [0.5, 0.6) is 0 Å². The van der Waals surface area contributed by atoms with E-state index in [0.29, 0.717) is 17.0 Å². The molecule has 0 aliphatic carbocycles. The number of aromatic nitrogens is 6. The van der Waals surface area contributed by atoms with Crippen molar-refractivity contribution in [3.05, 3.63) is 39.3 Å². The number of fused-ring (bicyclic) bond motifs is 1. The Kier molecular flexibility index (Phi) is 2.09. The van der Waals surface area contributed by atoms with Crippen LogP contribution in [0.3, 0.4) is 0 Å². The van der Waals surface area contributed by atoms with Crippen molar-refractivity contribution in [1.29, 1.82) is 0 Å². The summed E-state index contributed by atoms with van der Waals surface area (Å²) in [6, 6.07) is 1.71. The molecule has 0 aliphatic rings. The maximum atomic E-state index is 11.6. The first kappa shape index (κ1) is 10.4. The fourth-order valence-corrected chi connectivity index (χ4v) is 1.67. The summed E-state index contributed by atoms with van der Waals surface area (Å²) in [7, 11) is 1.54. The lowest BCUT2D eigenvalue weighted by molar-refractivity contribution is 0.832. The van der Waals surface area contributed by atoms with Crippen molar-refractivity contribution < 1.29 is 0 Å². The van der Waals surface area contributed by atoms with E-state index < -0.39 is 11.2 Å². The molecule has 0 fully saturated rings. The van der Waals surface area contributed by atoms with Gasteiger partial charge in [0.05, 0.1) is 12.4 Å². The van der Waals surface area contributed by atoms with E-state index in [-0.39, 0.29) is 5.52 Å². The van der Waals surface area contributed by atoms with Gasteiger partial charge in [-0.25, -0.2) is 9.78 Å². The first-order valence-electron chi connectivity index (χ1n) is 5.13. The molecule has 0 saturated heterocycles. The number of aryl methyl sites for hydroxylation is 1. The third-order valence-electron chi connectivity index (χ3n) is 2.61. The summed E-state index contributed by atoms with van der Waals surface area (Å²) >= 11 is 0. The Morgan fingerprint density at radius 1 is 1.22 bits per heavy atom. The molecule has 8 heteroatoms. The molecule has 3 aromatic rings. The Morgan fingerprint density at radius 3 is 2.78 bits per heavy atom. The molecule has 90 valence electrons. The lowest BCUT2D eigenvalue weighted by Crippen LogP contribution is -2.28. The fraction of sp³-hybridized carbons (Fsp3) is 0.100. The van der Waals surface area contributed by atoms with Crippen molar-refractivity contribution in [3.8, 4) is 11.4 Å². The van der Waals surface area contributed by atoms with Crippen molar-refractivity contribution in [1.82, 2.24) is 29.7 Å². The van der Waals surface area contributed by atoms with Crippen molar-refractivity contribution in [2.75, 3.05) is 0 Å². The Morgan fingerprint density at radius 2 is 2.06 bits per heavy atom. The van der Waals surface area contributed by atoms with E-state index in [0.717, 1.165) is 0 Å². The van der Waals surface area contributed by atoms with E-state index in [9.17, 15) is 9.59 Å². The molecule has 0 aliphatic heterocycles. The van der Waals surface area contributed by atoms with Gasteiger partial charge in [-0.3, -0.25) is 14.3 Å². The second-order valence-electron chi connectivity index (χ2n) is 3.73. The van der Waals surface area contributed by atoms with Crippen LogP contribution in [0, 0.1) is 0 Å². The van der Waals surface area contributed by atoms with Crippen LogP contribution >= 0.6 is 0 Å². The second kappa shape index (κ2) is 3.62. The van der Waals surface area contributed by atoms with Gasteiger partial charge in [0.2, 0.25) is 0 Å². The number of rotatable bonds is 1. The topological polar surface area (TPSA) is 109 Å². The maximum absolute atomic E-state index is 11.6. The predicted octanol–water partition coefficient (Wildman–Crippen LogP) is -0.593. The van der Waals surface area contributed by atoms with E-state index in [4.69, 9.17) is 0 Å². The Hall–Kier alpha value is -2.77. The van der Waals surface area contributed by atoms with E-state index in [1.807, 2.05) is 0 Å². The van der Waals surface area contributed by atoms with Gasteiger partial charge in [0.25, 0.3) is 5.56 Å². The lowest BCUT2D eigenvalue weighted by atomic mass is 10.3. The first-order valence-corrected chi connectivity index (χ1v) is 5.13. The van der Waals surface area contributed by atoms with Gasteiger partial charge in [0.1, 0.15) is 11.3 Å². The molecule has 0 spiro atoms. The van der Waals surface area contributed by atoms with Gasteiger partial charge in [0.15, 0.2) is 5.65 Å². The molecule has 3 rings (SSSR count). The van der Waals surface area contributed by atoms with Gasteiger partial charge < -0.3 is 4.98 Å². The molecule has 3 aromatic heterocycles. The van der Waals surface area contributed by atoms with Gasteiger partial charge >= 0.3 is 5.69 Å². The highest BCUT2D eigenvalue weighted by molar-refractivity contribution is 5.74. The summed E-state index contributed by atoms with van der Waals surface area (Å²) in [6.07, 6.45) is 3.04. The normalized spacial score (nSPS) is 10.9. The van der Waals surface area contributed by atoms with Crippen LogP contribution in [0.15, 0.2) is 28.0 Å². The number of nitrogens with zero attached hydrogens (tertiary/aromatic N) is 4. The van der Waals surface area contributed by atoms with Gasteiger partial charge in [-0.1, -0.05) is 0 Å². The quantitative estimate of drug-likeness (QED) is 0.594. The molecule has 0 bridgehead atoms. The number of nitrogens with one attached hydrogen (secondary N) is 2. The zero-order valence-electron chi connectivity index (χ0n) is 9.34. The van der Waals surface area contributed by atoms with Crippen LogP contribution < -0.4 is 11.2 Å². The standard InChI is InChI=1S/C10H8N6O2/c1-16-8-6(9(17)15-10(16)18)13-7(14-8)5-2-3-11-12-4-5/h2-4H,1H3,(H,13,14)(H,15,17,18). The average Bonchev–Trinajstić information content (AvgIpc) is 2.83. The molecule has 0 atom stereocenters. The maximum Gasteiger partial charge on any atom is 0.329 e. The minimum atomic E-state index is -0.501. The Balaban J connectivity index is 2.37. The van der Waals surface area contributed by atoms with E-state index in [2.05, 4.69) is 25.1 Å². The summed E-state index contributed by atoms with van der Waals surface area (Å²) in [6.45, 7) is 0. The first-order chi connectivity index (χ1) is 8.66. The highest BCUT2D eigenvalue weighted by Crippen LogP contribution is 2.15. The SMILES string of the molecule is Cn1c(=O)[nH]c(=O)c2[nH]c(-c3ccnnc3)nc21. The number of hydrogen-bond donors (Lipinski definition) is 2. The van der Waals surface area contributed by atoms with E-state index >= 15 is 0 Å². The van der Waals surface area contributed by atoms with Gasteiger partial charge in [-0.15, -0.1) is 0 Å². The molecule has 0 radical (unpaired) electrons. The van der Waals surface area contributed by atoms with Crippen LogP contribution in [-0.2, 0) is 7.05 Å². The summed E-state index contributed by atoms with van der Waals surface area (Å²) in [5.74, 6) is 0.464. The van der Waals surface area contributed by atoms with Crippen molar-refractivity contribution in [2.45, 2.75) is 0 Å². The fourth-order valence-electron chi connectivity index (χ4n) is 1.67. The third-order valence-corrected chi connectivity index (χ3v) is 2.61. The number of H-pyrrole nitrogens is 2. The van der Waals surface area contributed by atoms with Crippen LogP contribution in [0.25, 0.3) is 22.6 Å². The molecular weight excluding hydrogens is 236 g/mol. The van der Waals surface area contributed by atoms with Crippen LogP contribution in [0.2, 0.25) is 0 Å². The van der Waals surface area contributed by atoms with Gasteiger partial charge in [-0.05, 0) is 6.07 Å². The molecule has 0 aromatic carbocycles. The monoisotopic (exact) mass is 244 g/mol. The molecule has 3 heterocycles. The Bertz CT molecular complexity index is 829. The summed E-state index contributed by atoms with van der Waals surface area (Å²) in [5, 5.41) is 7.39. The van der Waals surface area contributed by atoms with Crippen molar-refractivity contribution in [2.24, 2.45) is 7.05 Å². The van der Waals surface area contributed by atoms with Gasteiger partial charge in [0, 0.05) is 12.6 Å². The summed E-state index contributed by atoms with van der Waals surface area (Å²) in [4.78, 5) is 32.3. The summed E-state index contributed by atoms with van der Waals surface area (Å²) in [5.41, 5.74) is 0.250. The van der Waals surface area contributed by atoms with Crippen molar-refractivity contribution in [3.63, 3.8) is 0 Å².